The molecule has 2 fully saturated rings. The number of piperidine rings is 2. The fraction of sp³-hybridized carbons (Fsp3) is 0.600. The normalized spacial score (nSPS) is 18.9. The molecule has 2 aliphatic rings. The van der Waals surface area contributed by atoms with Gasteiger partial charge in [-0.3, -0.25) is 9.59 Å². The molecule has 2 heterocycles. The van der Waals surface area contributed by atoms with Gasteiger partial charge in [-0.2, -0.15) is 0 Å². The van der Waals surface area contributed by atoms with E-state index in [1.165, 1.54) is 6.42 Å². The monoisotopic (exact) mass is 344 g/mol. The van der Waals surface area contributed by atoms with Crippen molar-refractivity contribution in [2.45, 2.75) is 39.0 Å². The largest absolute Gasteiger partial charge is 0.493 e. The lowest BCUT2D eigenvalue weighted by Crippen LogP contribution is -2.38. The molecule has 1 aromatic rings. The number of hydrogen-bond acceptors (Lipinski definition) is 3. The van der Waals surface area contributed by atoms with Crippen molar-refractivity contribution >= 4 is 11.8 Å². The molecular formula is C20H28N2O3. The van der Waals surface area contributed by atoms with E-state index in [1.807, 2.05) is 34.1 Å². The number of rotatable bonds is 4. The summed E-state index contributed by atoms with van der Waals surface area (Å²) in [6, 6.07) is 7.51. The third-order valence-electron chi connectivity index (χ3n) is 5.29. The molecule has 0 unspecified atom stereocenters. The van der Waals surface area contributed by atoms with Crippen LogP contribution >= 0.6 is 0 Å². The summed E-state index contributed by atoms with van der Waals surface area (Å²) in [7, 11) is 0. The van der Waals surface area contributed by atoms with Crippen LogP contribution < -0.4 is 4.74 Å². The van der Waals surface area contributed by atoms with Crippen LogP contribution in [0.4, 0.5) is 0 Å². The smallest absolute Gasteiger partial charge is 0.253 e. The summed E-state index contributed by atoms with van der Waals surface area (Å²) >= 11 is 0. The van der Waals surface area contributed by atoms with Crippen LogP contribution in [0.5, 0.6) is 5.75 Å². The van der Waals surface area contributed by atoms with Gasteiger partial charge >= 0.3 is 0 Å². The summed E-state index contributed by atoms with van der Waals surface area (Å²) in [5.41, 5.74) is 0.740. The Bertz CT molecular complexity index is 585. The van der Waals surface area contributed by atoms with E-state index in [0.29, 0.717) is 12.5 Å². The van der Waals surface area contributed by atoms with Gasteiger partial charge in [0.1, 0.15) is 5.75 Å². The molecule has 0 atom stereocenters. The highest BCUT2D eigenvalue weighted by molar-refractivity contribution is 5.94. The van der Waals surface area contributed by atoms with E-state index in [2.05, 4.69) is 0 Å². The Labute approximate surface area is 149 Å². The second-order valence-electron chi connectivity index (χ2n) is 7.14. The molecule has 0 saturated carbocycles. The van der Waals surface area contributed by atoms with E-state index in [9.17, 15) is 9.59 Å². The summed E-state index contributed by atoms with van der Waals surface area (Å²) in [6.07, 6.45) is 5.42. The van der Waals surface area contributed by atoms with Crippen molar-refractivity contribution in [1.82, 2.24) is 9.80 Å². The van der Waals surface area contributed by atoms with Crippen LogP contribution in [0.2, 0.25) is 0 Å². The van der Waals surface area contributed by atoms with Crippen LogP contribution in [-0.2, 0) is 4.79 Å². The minimum Gasteiger partial charge on any atom is -0.493 e. The van der Waals surface area contributed by atoms with Gasteiger partial charge in [-0.15, -0.1) is 0 Å². The number of ether oxygens (including phenoxy) is 1. The van der Waals surface area contributed by atoms with Gasteiger partial charge in [0.25, 0.3) is 5.91 Å². The van der Waals surface area contributed by atoms with Gasteiger partial charge in [-0.25, -0.2) is 0 Å². The highest BCUT2D eigenvalue weighted by Gasteiger charge is 2.21. The molecule has 2 amide bonds. The zero-order chi connectivity index (χ0) is 17.6. The molecule has 0 aliphatic carbocycles. The summed E-state index contributed by atoms with van der Waals surface area (Å²) in [4.78, 5) is 27.7. The molecule has 136 valence electrons. The third kappa shape index (κ3) is 4.74. The van der Waals surface area contributed by atoms with E-state index in [0.717, 1.165) is 63.2 Å². The standard InChI is InChI=1S/C20H28N2O3/c1-16(23)21-13-9-17(10-14-21)15-25-19-7-5-18(6-8-19)20(24)22-11-3-2-4-12-22/h5-8,17H,2-4,9-15H2,1H3. The van der Waals surface area contributed by atoms with Gasteiger partial charge in [-0.05, 0) is 62.3 Å². The molecule has 2 saturated heterocycles. The molecule has 0 aromatic heterocycles. The molecule has 0 spiro atoms. The SMILES string of the molecule is CC(=O)N1CCC(COc2ccc(C(=O)N3CCCCC3)cc2)CC1. The Morgan fingerprint density at radius 2 is 1.60 bits per heavy atom. The lowest BCUT2D eigenvalue weighted by molar-refractivity contribution is -0.130. The number of carbonyl (C=O) groups excluding carboxylic acids is 2. The van der Waals surface area contributed by atoms with E-state index in [-0.39, 0.29) is 11.8 Å². The number of benzene rings is 1. The minimum atomic E-state index is 0.128. The van der Waals surface area contributed by atoms with Crippen molar-refractivity contribution in [3.8, 4) is 5.75 Å². The lowest BCUT2D eigenvalue weighted by atomic mass is 9.98. The number of carbonyl (C=O) groups is 2. The van der Waals surface area contributed by atoms with Gasteiger partial charge in [-0.1, -0.05) is 0 Å². The Balaban J connectivity index is 1.46. The second kappa shape index (κ2) is 8.37. The molecule has 25 heavy (non-hydrogen) atoms. The quantitative estimate of drug-likeness (QED) is 0.844. The summed E-state index contributed by atoms with van der Waals surface area (Å²) in [6.45, 7) is 5.69. The van der Waals surface area contributed by atoms with Crippen LogP contribution in [0, 0.1) is 5.92 Å². The number of amides is 2. The zero-order valence-corrected chi connectivity index (χ0v) is 15.1. The van der Waals surface area contributed by atoms with Gasteiger partial charge in [0, 0.05) is 38.7 Å². The molecule has 2 aliphatic heterocycles. The highest BCUT2D eigenvalue weighted by atomic mass is 16.5. The van der Waals surface area contributed by atoms with Crippen molar-refractivity contribution in [2.75, 3.05) is 32.8 Å². The van der Waals surface area contributed by atoms with Crippen molar-refractivity contribution in [2.24, 2.45) is 5.92 Å². The van der Waals surface area contributed by atoms with Gasteiger partial charge in [0.05, 0.1) is 6.61 Å². The Kier molecular flexibility index (Phi) is 5.95. The lowest BCUT2D eigenvalue weighted by Gasteiger charge is -2.31. The first-order chi connectivity index (χ1) is 12.1. The minimum absolute atomic E-state index is 0.128. The average Bonchev–Trinajstić information content (AvgIpc) is 2.67. The zero-order valence-electron chi connectivity index (χ0n) is 15.1. The molecular weight excluding hydrogens is 316 g/mol. The maximum atomic E-state index is 12.5. The predicted molar refractivity (Wildman–Crippen MR) is 96.7 cm³/mol. The molecule has 5 heteroatoms. The maximum absolute atomic E-state index is 12.5. The third-order valence-corrected chi connectivity index (χ3v) is 5.29. The first kappa shape index (κ1) is 17.8. The fourth-order valence-electron chi connectivity index (χ4n) is 3.60. The predicted octanol–water partition coefficient (Wildman–Crippen LogP) is 2.95. The average molecular weight is 344 g/mol. The number of nitrogens with zero attached hydrogens (tertiary/aromatic N) is 2. The van der Waals surface area contributed by atoms with Crippen molar-refractivity contribution in [1.29, 1.82) is 0 Å². The fourth-order valence-corrected chi connectivity index (χ4v) is 3.60. The number of likely N-dealkylation sites (tertiary alicyclic amines) is 2. The van der Waals surface area contributed by atoms with Crippen LogP contribution in [0.3, 0.4) is 0 Å². The second-order valence-corrected chi connectivity index (χ2v) is 7.14. The van der Waals surface area contributed by atoms with Crippen LogP contribution in [0.25, 0.3) is 0 Å². The van der Waals surface area contributed by atoms with Crippen molar-refractivity contribution < 1.29 is 14.3 Å². The van der Waals surface area contributed by atoms with E-state index >= 15 is 0 Å². The van der Waals surface area contributed by atoms with E-state index in [4.69, 9.17) is 4.74 Å². The Hall–Kier alpha value is -2.04. The summed E-state index contributed by atoms with van der Waals surface area (Å²) < 4.78 is 5.89. The molecule has 0 bridgehead atoms. The van der Waals surface area contributed by atoms with E-state index < -0.39 is 0 Å². The highest BCUT2D eigenvalue weighted by Crippen LogP contribution is 2.21. The first-order valence-electron chi connectivity index (χ1n) is 9.41. The number of hydrogen-bond donors (Lipinski definition) is 0. The van der Waals surface area contributed by atoms with Crippen molar-refractivity contribution in [3.63, 3.8) is 0 Å². The molecule has 0 N–H and O–H groups in total. The Morgan fingerprint density at radius 1 is 0.960 bits per heavy atom. The van der Waals surface area contributed by atoms with E-state index in [1.54, 1.807) is 6.92 Å². The molecule has 3 rings (SSSR count). The maximum Gasteiger partial charge on any atom is 0.253 e. The molecule has 0 radical (unpaired) electrons. The summed E-state index contributed by atoms with van der Waals surface area (Å²) in [5.74, 6) is 1.59. The van der Waals surface area contributed by atoms with Gasteiger partial charge in [0.2, 0.25) is 5.91 Å². The van der Waals surface area contributed by atoms with Crippen LogP contribution in [0.15, 0.2) is 24.3 Å². The topological polar surface area (TPSA) is 49.9 Å². The molecule has 1 aromatic carbocycles. The van der Waals surface area contributed by atoms with Crippen LogP contribution in [-0.4, -0.2) is 54.4 Å². The molecule has 5 nitrogen and oxygen atoms in total. The van der Waals surface area contributed by atoms with Crippen molar-refractivity contribution in [3.05, 3.63) is 29.8 Å². The summed E-state index contributed by atoms with van der Waals surface area (Å²) in [5, 5.41) is 0. The van der Waals surface area contributed by atoms with Gasteiger partial charge in [0.15, 0.2) is 0 Å². The van der Waals surface area contributed by atoms with Gasteiger partial charge < -0.3 is 14.5 Å². The first-order valence-corrected chi connectivity index (χ1v) is 9.41. The van der Waals surface area contributed by atoms with Crippen LogP contribution in [0.1, 0.15) is 49.4 Å². The Morgan fingerprint density at radius 3 is 2.20 bits per heavy atom.